The van der Waals surface area contributed by atoms with Crippen molar-refractivity contribution < 1.29 is 64.1 Å². The maximum atomic E-state index is 13.5. The highest BCUT2D eigenvalue weighted by atomic mass is 16.8. The zero-order valence-electron chi connectivity index (χ0n) is 24.1. The number of benzene rings is 2. The second-order valence-corrected chi connectivity index (χ2v) is 10.8. The van der Waals surface area contributed by atoms with Crippen molar-refractivity contribution in [3.63, 3.8) is 0 Å². The van der Waals surface area contributed by atoms with Gasteiger partial charge in [0.2, 0.25) is 12.5 Å². The van der Waals surface area contributed by atoms with Crippen molar-refractivity contribution in [1.29, 1.82) is 0 Å². The molecule has 4 heterocycles. The van der Waals surface area contributed by atoms with Crippen LogP contribution in [-0.4, -0.2) is 92.5 Å². The van der Waals surface area contributed by atoms with E-state index in [1.807, 2.05) is 0 Å². The van der Waals surface area contributed by atoms with E-state index in [9.17, 15) is 21.5 Å². The third-order valence-electron chi connectivity index (χ3n) is 8.50. The van der Waals surface area contributed by atoms with Crippen LogP contribution in [-0.2, 0) is 28.5 Å². The number of hydrogen-bond acceptors (Lipinski definition) is 13. The molecule has 3 fully saturated rings. The summed E-state index contributed by atoms with van der Waals surface area (Å²) in [5.41, 5.74) is 1.12. The lowest BCUT2D eigenvalue weighted by Gasteiger charge is -2.47. The van der Waals surface area contributed by atoms with Gasteiger partial charge in [-0.2, -0.15) is 0 Å². The molecule has 10 atom stereocenters. The molecule has 0 aromatic heterocycles. The molecule has 3 N–H and O–H groups in total. The monoisotopic (exact) mass is 589 g/mol. The standard InChI is InChI=1S/C29H32O13/c1-11-36-9-20-27(40-11)24(31)25(32)29(41-20)42-26-14-7-17-16(38-10-39-17)6-13(14)21(22-15(26)8-37-28(22)33)12-4-18(34-2)23(30)19(5-12)35-3/h4-7,11,15,20-22,24-27,29-32H,8-10H2,1-3H3/t11-,15+,20-,21-,22+,24-,25-,26-,27-,29+/m1/s1/i21D. The number of aromatic hydroxyl groups is 1. The Bertz CT molecular complexity index is 1410. The molecule has 0 saturated carbocycles. The Morgan fingerprint density at radius 3 is 2.31 bits per heavy atom. The number of aliphatic hydroxyl groups excluding tert-OH is 2. The molecule has 2 aromatic carbocycles. The number of cyclic esters (lactones) is 1. The number of methoxy groups -OCH3 is 2. The van der Waals surface area contributed by atoms with Crippen molar-refractivity contribution in [1.82, 2.24) is 0 Å². The predicted octanol–water partition coefficient (Wildman–Crippen LogP) is 1.34. The summed E-state index contributed by atoms with van der Waals surface area (Å²) in [4.78, 5) is 13.5. The molecule has 2 aromatic rings. The van der Waals surface area contributed by atoms with Gasteiger partial charge in [0.1, 0.15) is 24.4 Å². The maximum Gasteiger partial charge on any atom is 0.310 e. The second-order valence-electron chi connectivity index (χ2n) is 10.8. The van der Waals surface area contributed by atoms with Gasteiger partial charge in [0.05, 0.1) is 39.5 Å². The third-order valence-corrected chi connectivity index (χ3v) is 8.50. The average molecular weight is 590 g/mol. The van der Waals surface area contributed by atoms with Gasteiger partial charge >= 0.3 is 5.97 Å². The van der Waals surface area contributed by atoms with Crippen LogP contribution >= 0.6 is 0 Å². The summed E-state index contributed by atoms with van der Waals surface area (Å²) in [6.45, 7) is 1.67. The first-order valence-electron chi connectivity index (χ1n) is 14.2. The van der Waals surface area contributed by atoms with Gasteiger partial charge in [-0.3, -0.25) is 4.79 Å². The molecule has 226 valence electrons. The minimum atomic E-state index is -1.79. The van der Waals surface area contributed by atoms with Gasteiger partial charge in [0, 0.05) is 13.2 Å². The molecule has 13 nitrogen and oxygen atoms in total. The Labute approximate surface area is 242 Å². The van der Waals surface area contributed by atoms with Crippen LogP contribution in [0.3, 0.4) is 0 Å². The van der Waals surface area contributed by atoms with Gasteiger partial charge in [-0.05, 0) is 47.9 Å². The van der Waals surface area contributed by atoms with E-state index in [0.717, 1.165) is 0 Å². The highest BCUT2D eigenvalue weighted by molar-refractivity contribution is 5.79. The van der Waals surface area contributed by atoms with Crippen molar-refractivity contribution in [3.8, 4) is 28.7 Å². The van der Waals surface area contributed by atoms with Gasteiger partial charge in [0.25, 0.3) is 0 Å². The minimum absolute atomic E-state index is 0.0390. The van der Waals surface area contributed by atoms with E-state index in [1.165, 1.54) is 26.4 Å². The molecule has 42 heavy (non-hydrogen) atoms. The van der Waals surface area contributed by atoms with Gasteiger partial charge in [-0.15, -0.1) is 0 Å². The third kappa shape index (κ3) is 4.26. The lowest BCUT2D eigenvalue weighted by molar-refractivity contribution is -0.364. The summed E-state index contributed by atoms with van der Waals surface area (Å²) in [5.74, 6) is -3.62. The van der Waals surface area contributed by atoms with E-state index in [1.54, 1.807) is 19.1 Å². The van der Waals surface area contributed by atoms with Crippen molar-refractivity contribution in [2.75, 3.05) is 34.2 Å². The van der Waals surface area contributed by atoms with E-state index in [-0.39, 0.29) is 37.3 Å². The molecule has 0 radical (unpaired) electrons. The van der Waals surface area contributed by atoms with Crippen LogP contribution in [0, 0.1) is 11.8 Å². The number of rotatable bonds is 5. The van der Waals surface area contributed by atoms with E-state index in [0.29, 0.717) is 28.2 Å². The van der Waals surface area contributed by atoms with Crippen molar-refractivity contribution in [2.24, 2.45) is 11.8 Å². The first-order chi connectivity index (χ1) is 20.6. The number of phenols is 1. The van der Waals surface area contributed by atoms with Crippen LogP contribution in [0.15, 0.2) is 24.3 Å². The molecule has 13 heteroatoms. The van der Waals surface area contributed by atoms with Gasteiger partial charge < -0.3 is 58.0 Å². The highest BCUT2D eigenvalue weighted by Gasteiger charge is 2.56. The Morgan fingerprint density at radius 2 is 1.62 bits per heavy atom. The van der Waals surface area contributed by atoms with Crippen LogP contribution in [0.5, 0.6) is 28.7 Å². The summed E-state index contributed by atoms with van der Waals surface area (Å²) in [6.07, 6.45) is -7.22. The van der Waals surface area contributed by atoms with E-state index < -0.39 is 66.8 Å². The number of phenolic OH excluding ortho intramolecular Hbond substituents is 1. The maximum absolute atomic E-state index is 13.5. The molecule has 5 aliphatic rings. The fraction of sp³-hybridized carbons (Fsp3) is 0.552. The molecule has 0 spiro atoms. The average Bonchev–Trinajstić information content (AvgIpc) is 3.63. The van der Waals surface area contributed by atoms with E-state index in [4.69, 9.17) is 42.6 Å². The number of fused-ring (bicyclic) bond motifs is 4. The van der Waals surface area contributed by atoms with Gasteiger partial charge in [0.15, 0.2) is 35.6 Å². The lowest BCUT2D eigenvalue weighted by atomic mass is 9.66. The predicted molar refractivity (Wildman–Crippen MR) is 138 cm³/mol. The zero-order valence-corrected chi connectivity index (χ0v) is 23.1. The SMILES string of the molecule is [2H][C@@]1(c2cc(OC)c(O)c(OC)c2)c2cc3c(cc2[C@@H](O[C@@H]2O[C@@H]4CO[C@@H](C)O[C@H]4[C@H](O)[C@H]2O)[C@H]2COC(=O)[C@@H]21)OCO3. The van der Waals surface area contributed by atoms with Crippen molar-refractivity contribution in [3.05, 3.63) is 41.0 Å². The summed E-state index contributed by atoms with van der Waals surface area (Å²) >= 11 is 0. The van der Waals surface area contributed by atoms with Gasteiger partial charge in [-0.1, -0.05) is 0 Å². The Balaban J connectivity index is 1.35. The Morgan fingerprint density at radius 1 is 0.929 bits per heavy atom. The topological polar surface area (TPSA) is 161 Å². The lowest BCUT2D eigenvalue weighted by Crippen LogP contribution is -2.63. The molecule has 4 aliphatic heterocycles. The molecular weight excluding hydrogens is 556 g/mol. The summed E-state index contributed by atoms with van der Waals surface area (Å²) in [5, 5.41) is 32.6. The number of esters is 1. The minimum Gasteiger partial charge on any atom is -0.502 e. The smallest absolute Gasteiger partial charge is 0.310 e. The second kappa shape index (κ2) is 10.4. The summed E-state index contributed by atoms with van der Waals surface area (Å²) in [7, 11) is 2.74. The van der Waals surface area contributed by atoms with Crippen LogP contribution in [0.25, 0.3) is 0 Å². The molecular formula is C29H32O13. The van der Waals surface area contributed by atoms with Crippen LogP contribution < -0.4 is 18.9 Å². The molecule has 1 aliphatic carbocycles. The number of carbonyl (C=O) groups excluding carboxylic acids is 1. The molecule has 0 bridgehead atoms. The van der Waals surface area contributed by atoms with Crippen LogP contribution in [0.2, 0.25) is 0 Å². The summed E-state index contributed by atoms with van der Waals surface area (Å²) in [6, 6.07) is 6.28. The van der Waals surface area contributed by atoms with Gasteiger partial charge in [-0.25, -0.2) is 0 Å². The zero-order chi connectivity index (χ0) is 30.2. The van der Waals surface area contributed by atoms with Crippen LogP contribution in [0.1, 0.15) is 37.0 Å². The van der Waals surface area contributed by atoms with E-state index in [2.05, 4.69) is 0 Å². The van der Waals surface area contributed by atoms with Crippen molar-refractivity contribution in [2.45, 2.75) is 55.9 Å². The largest absolute Gasteiger partial charge is 0.502 e. The quantitative estimate of drug-likeness (QED) is 0.429. The molecule has 0 amide bonds. The van der Waals surface area contributed by atoms with Crippen LogP contribution in [0.4, 0.5) is 0 Å². The Hall–Kier alpha value is -3.33. The van der Waals surface area contributed by atoms with Crippen molar-refractivity contribution >= 4 is 5.97 Å². The normalized spacial score (nSPS) is 38.5. The highest BCUT2D eigenvalue weighted by Crippen LogP contribution is 2.57. The number of aliphatic hydroxyl groups is 2. The number of carbonyl (C=O) groups is 1. The number of ether oxygens (including phenoxy) is 9. The molecule has 3 saturated heterocycles. The first-order valence-corrected chi connectivity index (χ1v) is 13.7. The Kier molecular flexibility index (Phi) is 6.54. The number of hydrogen-bond donors (Lipinski definition) is 3. The first kappa shape index (κ1) is 26.3. The molecule has 0 unspecified atom stereocenters. The summed E-state index contributed by atoms with van der Waals surface area (Å²) < 4.78 is 61.2. The van der Waals surface area contributed by atoms with E-state index >= 15 is 0 Å². The fourth-order valence-electron chi connectivity index (χ4n) is 6.47. The fourth-order valence-corrected chi connectivity index (χ4v) is 6.47. The molecule has 7 rings (SSSR count).